The Hall–Kier alpha value is -5.07. The molecular weight excluding hydrogens is 1180 g/mol. The van der Waals surface area contributed by atoms with Crippen molar-refractivity contribution in [3.8, 4) is 0 Å². The minimum Gasteiger partial charge on any atom is -0.463 e. The molecular formula is C78H120O15. The highest BCUT2D eigenvalue weighted by molar-refractivity contribution is 5.70. The van der Waals surface area contributed by atoms with Crippen LogP contribution < -0.4 is 0 Å². The molecule has 15 heteroatoms. The number of esters is 3. The third-order valence-electron chi connectivity index (χ3n) is 18.5. The van der Waals surface area contributed by atoms with E-state index in [2.05, 4.69) is 54.6 Å². The Balaban J connectivity index is 0.000000297. The summed E-state index contributed by atoms with van der Waals surface area (Å²) in [5, 5.41) is 93.5. The van der Waals surface area contributed by atoms with E-state index in [9.17, 15) is 60.3 Å². The number of unbranched alkanes of at least 4 members (excludes halogenated alkanes) is 3. The van der Waals surface area contributed by atoms with Crippen LogP contribution in [0.15, 0.2) is 127 Å². The van der Waals surface area contributed by atoms with E-state index < -0.39 is 54.9 Å². The van der Waals surface area contributed by atoms with E-state index in [0.29, 0.717) is 116 Å². The normalized spacial score (nSPS) is 24.7. The molecule has 0 heterocycles. The summed E-state index contributed by atoms with van der Waals surface area (Å²) in [4.78, 5) is 34.6. The lowest BCUT2D eigenvalue weighted by Gasteiger charge is -2.23. The van der Waals surface area contributed by atoms with Gasteiger partial charge in [0.25, 0.3) is 0 Å². The first-order chi connectivity index (χ1) is 44.6. The number of aryl methyl sites for hydroxylation is 3. The lowest BCUT2D eigenvalue weighted by atomic mass is 9.85. The van der Waals surface area contributed by atoms with Crippen LogP contribution in [0.5, 0.6) is 0 Å². The fourth-order valence-electron chi connectivity index (χ4n) is 13.4. The average molecular weight is 1300 g/mol. The van der Waals surface area contributed by atoms with Gasteiger partial charge in [0, 0.05) is 19.3 Å². The van der Waals surface area contributed by atoms with Crippen LogP contribution in [0.3, 0.4) is 0 Å². The van der Waals surface area contributed by atoms with E-state index in [1.54, 1.807) is 0 Å². The summed E-state index contributed by atoms with van der Waals surface area (Å²) in [6.07, 6.45) is 25.7. The highest BCUT2D eigenvalue weighted by Crippen LogP contribution is 2.41. The molecule has 0 bridgehead atoms. The molecule has 0 aliphatic heterocycles. The van der Waals surface area contributed by atoms with Crippen LogP contribution in [0.4, 0.5) is 0 Å². The number of benzene rings is 3. The van der Waals surface area contributed by atoms with E-state index >= 15 is 0 Å². The summed E-state index contributed by atoms with van der Waals surface area (Å²) in [6.45, 7) is 11.1. The van der Waals surface area contributed by atoms with Crippen molar-refractivity contribution in [2.75, 3.05) is 0 Å². The molecule has 3 aromatic rings. The van der Waals surface area contributed by atoms with Gasteiger partial charge >= 0.3 is 17.9 Å². The van der Waals surface area contributed by atoms with Crippen molar-refractivity contribution in [2.24, 2.45) is 35.5 Å². The quantitative estimate of drug-likeness (QED) is 0.0111. The Morgan fingerprint density at radius 1 is 0.366 bits per heavy atom. The van der Waals surface area contributed by atoms with Crippen molar-refractivity contribution >= 4 is 17.9 Å². The lowest BCUT2D eigenvalue weighted by molar-refractivity contribution is -0.148. The summed E-state index contributed by atoms with van der Waals surface area (Å²) >= 11 is 0. The second-order valence-electron chi connectivity index (χ2n) is 27.3. The molecule has 3 aliphatic rings. The smallest absolute Gasteiger partial charge is 0.306 e. The zero-order valence-electron chi connectivity index (χ0n) is 57.1. The molecule has 15 nitrogen and oxygen atoms in total. The molecule has 3 fully saturated rings. The van der Waals surface area contributed by atoms with Gasteiger partial charge in [0.05, 0.1) is 73.2 Å². The number of ether oxygens (including phenoxy) is 3. The minimum absolute atomic E-state index is 0.00652. The molecule has 3 aliphatic carbocycles. The van der Waals surface area contributed by atoms with Crippen LogP contribution >= 0.6 is 0 Å². The molecule has 0 amide bonds. The van der Waals surface area contributed by atoms with Gasteiger partial charge in [-0.25, -0.2) is 0 Å². The molecule has 0 radical (unpaired) electrons. The standard InChI is InChI=1S/3C26H40O5/c3*1-19(2)31-26(30)13-9-4-3-8-12-22-23(25(29)18-24(22)28)17-16-21(27)15-14-20-10-6-5-7-11-20/h3*3,5-8,10-11,19,21-25,27-29H,4,9,12-18H2,1-2H3/b3*8-3-/t3*21-,22+,23+,24-,25+/m000/s1. The Morgan fingerprint density at radius 2 is 0.602 bits per heavy atom. The number of hydrogen-bond donors (Lipinski definition) is 9. The van der Waals surface area contributed by atoms with Crippen LogP contribution in [-0.2, 0) is 47.9 Å². The monoisotopic (exact) mass is 1300 g/mol. The summed E-state index contributed by atoms with van der Waals surface area (Å²) in [7, 11) is 0. The van der Waals surface area contributed by atoms with Gasteiger partial charge in [0.15, 0.2) is 0 Å². The predicted molar refractivity (Wildman–Crippen MR) is 367 cm³/mol. The van der Waals surface area contributed by atoms with Crippen molar-refractivity contribution in [1.29, 1.82) is 0 Å². The van der Waals surface area contributed by atoms with Crippen LogP contribution in [0, 0.1) is 35.5 Å². The van der Waals surface area contributed by atoms with Crippen LogP contribution in [0.2, 0.25) is 0 Å². The number of carbonyl (C=O) groups is 3. The summed E-state index contributed by atoms with van der Waals surface area (Å²) < 4.78 is 15.4. The lowest BCUT2D eigenvalue weighted by Crippen LogP contribution is -2.23. The Labute approximate surface area is 557 Å². The number of allylic oxidation sites excluding steroid dienone is 6. The first kappa shape index (κ1) is 80.4. The fourth-order valence-corrected chi connectivity index (χ4v) is 13.4. The number of aliphatic hydroxyl groups excluding tert-OH is 9. The van der Waals surface area contributed by atoms with Gasteiger partial charge in [-0.05, 0) is 248 Å². The van der Waals surface area contributed by atoms with Crippen molar-refractivity contribution in [3.05, 3.63) is 144 Å². The highest BCUT2D eigenvalue weighted by Gasteiger charge is 2.43. The Kier molecular flexibility index (Phi) is 39.9. The van der Waals surface area contributed by atoms with Gasteiger partial charge in [-0.15, -0.1) is 0 Å². The fraction of sp³-hybridized carbons (Fsp3) is 0.654. The van der Waals surface area contributed by atoms with Crippen molar-refractivity contribution in [2.45, 2.75) is 288 Å². The molecule has 0 aromatic heterocycles. The molecule has 15 atom stereocenters. The predicted octanol–water partition coefficient (Wildman–Crippen LogP) is 12.6. The third-order valence-corrected chi connectivity index (χ3v) is 18.5. The molecule has 0 saturated heterocycles. The largest absolute Gasteiger partial charge is 0.463 e. The van der Waals surface area contributed by atoms with Gasteiger partial charge in [-0.3, -0.25) is 14.4 Å². The zero-order valence-corrected chi connectivity index (χ0v) is 57.1. The Bertz CT molecular complexity index is 2250. The molecule has 9 N–H and O–H groups in total. The maximum atomic E-state index is 11.5. The molecule has 0 spiro atoms. The molecule has 3 aromatic carbocycles. The first-order valence-corrected chi connectivity index (χ1v) is 35.4. The van der Waals surface area contributed by atoms with Crippen LogP contribution in [0.1, 0.15) is 212 Å². The molecule has 6 rings (SSSR count). The maximum Gasteiger partial charge on any atom is 0.306 e. The van der Waals surface area contributed by atoms with E-state index in [0.717, 1.165) is 57.8 Å². The van der Waals surface area contributed by atoms with Crippen LogP contribution in [0.25, 0.3) is 0 Å². The Morgan fingerprint density at radius 3 is 0.839 bits per heavy atom. The zero-order chi connectivity index (χ0) is 67.9. The average Bonchev–Trinajstić information content (AvgIpc) is 1.82. The second kappa shape index (κ2) is 46.2. The topological polar surface area (TPSA) is 261 Å². The van der Waals surface area contributed by atoms with E-state index in [1.807, 2.05) is 114 Å². The molecule has 3 saturated carbocycles. The summed E-state index contributed by atoms with van der Waals surface area (Å²) in [5.41, 5.74) is 3.66. The SMILES string of the molecule is CC(C)OC(=O)CCC/C=C\C[C@@H]1[C@@H](CC[C@@H](O)CCc2ccccc2)[C@H](O)C[C@@H]1O.CC(C)OC(=O)CCC/C=C\C[C@@H]1[C@@H](CC[C@@H](O)CCc2ccccc2)[C@H](O)C[C@@H]1O.CC(C)OC(=O)CCC/C=C\C[C@@H]1[C@@H](CC[C@@H](O)CCc2ccccc2)[C@H](O)C[C@@H]1O. The van der Waals surface area contributed by atoms with E-state index in [-0.39, 0.29) is 71.7 Å². The van der Waals surface area contributed by atoms with Crippen molar-refractivity contribution in [3.63, 3.8) is 0 Å². The van der Waals surface area contributed by atoms with Crippen molar-refractivity contribution < 1.29 is 74.6 Å². The summed E-state index contributed by atoms with van der Waals surface area (Å²) in [6, 6.07) is 30.4. The summed E-state index contributed by atoms with van der Waals surface area (Å²) in [5.74, 6) is -0.433. The van der Waals surface area contributed by atoms with E-state index in [4.69, 9.17) is 14.2 Å². The second-order valence-corrected chi connectivity index (χ2v) is 27.3. The molecule has 0 unspecified atom stereocenters. The van der Waals surface area contributed by atoms with Gasteiger partial charge in [-0.1, -0.05) is 127 Å². The van der Waals surface area contributed by atoms with Gasteiger partial charge in [0.1, 0.15) is 0 Å². The minimum atomic E-state index is -0.513. The number of hydrogen-bond acceptors (Lipinski definition) is 15. The first-order valence-electron chi connectivity index (χ1n) is 35.4. The van der Waals surface area contributed by atoms with Gasteiger partial charge in [-0.2, -0.15) is 0 Å². The van der Waals surface area contributed by atoms with E-state index in [1.165, 1.54) is 16.7 Å². The molecule has 522 valence electrons. The molecule has 93 heavy (non-hydrogen) atoms. The van der Waals surface area contributed by atoms with Crippen LogP contribution in [-0.4, -0.2) is 137 Å². The third kappa shape index (κ3) is 33.9. The number of aliphatic hydroxyl groups is 9. The van der Waals surface area contributed by atoms with Gasteiger partial charge < -0.3 is 60.2 Å². The van der Waals surface area contributed by atoms with Gasteiger partial charge in [0.2, 0.25) is 0 Å². The number of carbonyl (C=O) groups excluding carboxylic acids is 3. The number of rotatable bonds is 39. The maximum absolute atomic E-state index is 11.5. The van der Waals surface area contributed by atoms with Crippen molar-refractivity contribution in [1.82, 2.24) is 0 Å². The highest BCUT2D eigenvalue weighted by atomic mass is 16.5.